The lowest BCUT2D eigenvalue weighted by Gasteiger charge is -2.65. The molecule has 3 aliphatic carbocycles. The number of rotatable bonds is 0. The van der Waals surface area contributed by atoms with Crippen molar-refractivity contribution in [2.75, 3.05) is 0 Å². The van der Waals surface area contributed by atoms with E-state index in [0.29, 0.717) is 23.7 Å². The fraction of sp³-hybridized carbons (Fsp3) is 0.357. The van der Waals surface area contributed by atoms with Gasteiger partial charge in [-0.2, -0.15) is 0 Å². The van der Waals surface area contributed by atoms with Gasteiger partial charge < -0.3 is 0 Å². The first-order valence-corrected chi connectivity index (χ1v) is 11.2. The van der Waals surface area contributed by atoms with Crippen LogP contribution in [-0.4, -0.2) is 11.4 Å². The van der Waals surface area contributed by atoms with Gasteiger partial charge in [-0.1, -0.05) is 48.6 Å². The van der Waals surface area contributed by atoms with Crippen LogP contribution in [0.15, 0.2) is 81.8 Å². The van der Waals surface area contributed by atoms with E-state index >= 15 is 0 Å². The van der Waals surface area contributed by atoms with Crippen LogP contribution in [0.1, 0.15) is 38.8 Å². The average molecular weight is 391 g/mol. The number of fused-ring (bicyclic) bond motifs is 12. The molecule has 2 nitrogen and oxygen atoms in total. The first-order chi connectivity index (χ1) is 14.5. The van der Waals surface area contributed by atoms with Gasteiger partial charge in [-0.05, 0) is 85.8 Å². The van der Waals surface area contributed by atoms with Crippen molar-refractivity contribution >= 4 is 22.8 Å². The summed E-state index contributed by atoms with van der Waals surface area (Å²) in [6, 6.07) is 17.6. The lowest BCUT2D eigenvalue weighted by molar-refractivity contribution is -0.0306. The minimum atomic E-state index is -0.0218. The second kappa shape index (κ2) is 5.11. The van der Waals surface area contributed by atoms with Crippen molar-refractivity contribution < 1.29 is 0 Å². The molecule has 0 saturated heterocycles. The smallest absolute Gasteiger partial charge is 0.0675 e. The van der Waals surface area contributed by atoms with Gasteiger partial charge >= 0.3 is 0 Å². The molecule has 0 radical (unpaired) electrons. The fourth-order valence-electron chi connectivity index (χ4n) is 7.88. The molecule has 2 aromatic rings. The molecule has 0 bridgehead atoms. The highest BCUT2D eigenvalue weighted by molar-refractivity contribution is 6.15. The molecule has 2 heterocycles. The maximum Gasteiger partial charge on any atom is 0.0675 e. The topological polar surface area (TPSA) is 24.7 Å². The maximum absolute atomic E-state index is 5.15. The van der Waals surface area contributed by atoms with Gasteiger partial charge in [-0.15, -0.1) is 0 Å². The van der Waals surface area contributed by atoms with E-state index in [-0.39, 0.29) is 10.8 Å². The Balaban J connectivity index is 1.49. The summed E-state index contributed by atoms with van der Waals surface area (Å²) in [6.45, 7) is 9.47. The third-order valence-electron chi connectivity index (χ3n) is 9.00. The Bertz CT molecular complexity index is 1180. The molecular weight excluding hydrogens is 364 g/mol. The van der Waals surface area contributed by atoms with Crippen LogP contribution < -0.4 is 0 Å². The number of hydrogen-bond donors (Lipinski definition) is 0. The highest BCUT2D eigenvalue weighted by atomic mass is 14.9. The molecule has 7 rings (SSSR count). The Morgan fingerprint density at radius 2 is 1.03 bits per heavy atom. The van der Waals surface area contributed by atoms with Gasteiger partial charge in [0.05, 0.1) is 22.8 Å². The van der Waals surface area contributed by atoms with Crippen LogP contribution in [-0.2, 0) is 10.8 Å². The third kappa shape index (κ3) is 1.64. The summed E-state index contributed by atoms with van der Waals surface area (Å²) in [5.74, 6) is 2.23. The summed E-state index contributed by atoms with van der Waals surface area (Å²) in [7, 11) is 0. The minimum absolute atomic E-state index is 0.0218. The van der Waals surface area contributed by atoms with Gasteiger partial charge in [-0.25, -0.2) is 0 Å². The van der Waals surface area contributed by atoms with Crippen LogP contribution in [0, 0.1) is 23.7 Å². The predicted molar refractivity (Wildman–Crippen MR) is 123 cm³/mol. The van der Waals surface area contributed by atoms with Crippen LogP contribution in [0.5, 0.6) is 0 Å². The largest absolute Gasteiger partial charge is 0.252 e. The SMILES string of the molecule is CC1=C[C@@H]2[C@H]3C=C(C)C4=Nc5ccccc5[C@@]4(C)[C@H]3[C@@H]2[C@@]2(C)C1=Nc1ccccc12. The van der Waals surface area contributed by atoms with Crippen LogP contribution in [0.4, 0.5) is 11.4 Å². The predicted octanol–water partition coefficient (Wildman–Crippen LogP) is 6.47. The first-order valence-electron chi connectivity index (χ1n) is 11.2. The van der Waals surface area contributed by atoms with Crippen molar-refractivity contribution in [2.45, 2.75) is 38.5 Å². The monoisotopic (exact) mass is 390 g/mol. The van der Waals surface area contributed by atoms with E-state index in [1.807, 2.05) is 0 Å². The minimum Gasteiger partial charge on any atom is -0.252 e. The van der Waals surface area contributed by atoms with Gasteiger partial charge in [0.1, 0.15) is 0 Å². The van der Waals surface area contributed by atoms with Crippen LogP contribution in [0.3, 0.4) is 0 Å². The number of nitrogens with zero attached hydrogens (tertiary/aromatic N) is 2. The van der Waals surface area contributed by atoms with E-state index in [1.165, 1.54) is 45.1 Å². The first kappa shape index (κ1) is 17.0. The van der Waals surface area contributed by atoms with Crippen LogP contribution in [0.25, 0.3) is 0 Å². The maximum atomic E-state index is 5.15. The Labute approximate surface area is 178 Å². The van der Waals surface area contributed by atoms with Gasteiger partial charge in [0.25, 0.3) is 0 Å². The molecule has 0 spiro atoms. The number of hydrogen-bond acceptors (Lipinski definition) is 2. The van der Waals surface area contributed by atoms with Crippen LogP contribution >= 0.6 is 0 Å². The molecule has 0 N–H and O–H groups in total. The highest BCUT2D eigenvalue weighted by Crippen LogP contribution is 2.70. The Hall–Kier alpha value is -2.74. The molecule has 0 amide bonds. The molecule has 5 aliphatic rings. The van der Waals surface area contributed by atoms with Gasteiger partial charge in [0, 0.05) is 10.8 Å². The summed E-state index contributed by atoms with van der Waals surface area (Å²) in [6.07, 6.45) is 5.07. The Morgan fingerprint density at radius 3 is 1.47 bits per heavy atom. The molecule has 6 atom stereocenters. The second-order valence-electron chi connectivity index (χ2n) is 10.3. The molecule has 148 valence electrons. The Kier molecular flexibility index (Phi) is 2.89. The summed E-state index contributed by atoms with van der Waals surface area (Å²) < 4.78 is 0. The van der Waals surface area contributed by atoms with Gasteiger partial charge in [-0.3, -0.25) is 9.98 Å². The van der Waals surface area contributed by atoms with Crippen molar-refractivity contribution in [3.8, 4) is 0 Å². The summed E-state index contributed by atoms with van der Waals surface area (Å²) in [4.78, 5) is 10.3. The molecule has 1 saturated carbocycles. The number of benzene rings is 2. The van der Waals surface area contributed by atoms with Crippen molar-refractivity contribution in [1.82, 2.24) is 0 Å². The van der Waals surface area contributed by atoms with Crippen molar-refractivity contribution in [3.63, 3.8) is 0 Å². The lowest BCUT2D eigenvalue weighted by Crippen LogP contribution is -2.67. The fourth-order valence-corrected chi connectivity index (χ4v) is 7.88. The summed E-state index contributed by atoms with van der Waals surface area (Å²) in [5.41, 5.74) is 10.5. The molecule has 30 heavy (non-hydrogen) atoms. The van der Waals surface area contributed by atoms with E-state index in [2.05, 4.69) is 88.4 Å². The van der Waals surface area contributed by atoms with E-state index in [1.54, 1.807) is 0 Å². The van der Waals surface area contributed by atoms with Crippen molar-refractivity contribution in [2.24, 2.45) is 33.7 Å². The van der Waals surface area contributed by atoms with E-state index in [4.69, 9.17) is 9.98 Å². The van der Waals surface area contributed by atoms with E-state index in [0.717, 1.165) is 0 Å². The van der Waals surface area contributed by atoms with Gasteiger partial charge in [0.15, 0.2) is 0 Å². The molecular formula is C28H26N2. The van der Waals surface area contributed by atoms with Gasteiger partial charge in [0.2, 0.25) is 0 Å². The zero-order valence-corrected chi connectivity index (χ0v) is 18.0. The quantitative estimate of drug-likeness (QED) is 0.492. The normalized spacial score (nSPS) is 39.1. The van der Waals surface area contributed by atoms with E-state index < -0.39 is 0 Å². The van der Waals surface area contributed by atoms with Crippen molar-refractivity contribution in [3.05, 3.63) is 83.0 Å². The molecule has 0 unspecified atom stereocenters. The number of aliphatic imine (C=N–C) groups is 2. The summed E-state index contributed by atoms with van der Waals surface area (Å²) in [5, 5.41) is 0. The Morgan fingerprint density at radius 1 is 0.633 bits per heavy atom. The molecule has 1 fully saturated rings. The zero-order valence-electron chi connectivity index (χ0n) is 18.0. The molecule has 2 aliphatic heterocycles. The van der Waals surface area contributed by atoms with Crippen molar-refractivity contribution in [1.29, 1.82) is 0 Å². The second-order valence-corrected chi connectivity index (χ2v) is 10.3. The van der Waals surface area contributed by atoms with Crippen LogP contribution in [0.2, 0.25) is 0 Å². The lowest BCUT2D eigenvalue weighted by atomic mass is 9.36. The zero-order chi connectivity index (χ0) is 20.4. The third-order valence-corrected chi connectivity index (χ3v) is 9.00. The standard InChI is InChI=1S/C28H26N2/c1-15-13-17-18-14-16(2)26-28(4,20-10-6-8-12-22(20)30-26)24(18)23(17)27(3)19-9-5-7-11-21(19)29-25(15)27/h5-14,17-18,23-24H,1-4H3/t17-,18-,23-,24-,27+,28+/m1/s1. The molecule has 2 aromatic carbocycles. The highest BCUT2D eigenvalue weighted by Gasteiger charge is 2.69. The molecule has 0 aromatic heterocycles. The average Bonchev–Trinajstić information content (AvgIpc) is 3.21. The molecule has 2 heteroatoms. The van der Waals surface area contributed by atoms with E-state index in [9.17, 15) is 0 Å². The number of para-hydroxylation sites is 2. The summed E-state index contributed by atoms with van der Waals surface area (Å²) >= 11 is 0. The number of allylic oxidation sites excluding steroid dienone is 4.